The number of hydrogen-bond acceptors (Lipinski definition) is 7. The molecular weight excluding hydrogens is 406 g/mol. The molecule has 1 aliphatic rings. The summed E-state index contributed by atoms with van der Waals surface area (Å²) in [6, 6.07) is 8.40. The molecule has 0 bridgehead atoms. The lowest BCUT2D eigenvalue weighted by atomic mass is 10.0. The van der Waals surface area contributed by atoms with Crippen molar-refractivity contribution in [2.24, 2.45) is 0 Å². The summed E-state index contributed by atoms with van der Waals surface area (Å²) in [4.78, 5) is 11.5. The number of ether oxygens (including phenoxy) is 2. The second-order valence-corrected chi connectivity index (χ2v) is 8.15. The Morgan fingerprint density at radius 1 is 1.19 bits per heavy atom. The number of nitrogens with zero attached hydrogens (tertiary/aromatic N) is 5. The molecule has 32 heavy (non-hydrogen) atoms. The van der Waals surface area contributed by atoms with Gasteiger partial charge < -0.3 is 18.8 Å². The zero-order chi connectivity index (χ0) is 22.2. The fourth-order valence-electron chi connectivity index (χ4n) is 4.65. The summed E-state index contributed by atoms with van der Waals surface area (Å²) in [5, 5.41) is 4.90. The van der Waals surface area contributed by atoms with Crippen molar-refractivity contribution in [1.82, 2.24) is 19.6 Å². The minimum Gasteiger partial charge on any atom is -0.496 e. The lowest BCUT2D eigenvalue weighted by Gasteiger charge is -2.26. The SMILES string of the molecule is COC[C@@H]1CCCN1c1cc(C)nc2c(-c3ccc(-c4ncco4)cc3OC)c(C)nn12. The molecule has 1 atom stereocenters. The summed E-state index contributed by atoms with van der Waals surface area (Å²) >= 11 is 0. The van der Waals surface area contributed by atoms with Crippen molar-refractivity contribution in [2.45, 2.75) is 32.7 Å². The molecule has 166 valence electrons. The first-order chi connectivity index (χ1) is 15.6. The maximum atomic E-state index is 5.76. The maximum Gasteiger partial charge on any atom is 0.225 e. The average Bonchev–Trinajstić information content (AvgIpc) is 3.53. The first-order valence-electron chi connectivity index (χ1n) is 10.8. The van der Waals surface area contributed by atoms with Gasteiger partial charge in [0.1, 0.15) is 17.8 Å². The molecule has 4 heterocycles. The van der Waals surface area contributed by atoms with Gasteiger partial charge in [0, 0.05) is 36.5 Å². The van der Waals surface area contributed by atoms with Crippen LogP contribution in [0.2, 0.25) is 0 Å². The van der Waals surface area contributed by atoms with Crippen LogP contribution in [0.3, 0.4) is 0 Å². The highest BCUT2D eigenvalue weighted by atomic mass is 16.5. The molecule has 1 fully saturated rings. The fraction of sp³-hybridized carbons (Fsp3) is 0.375. The number of aromatic nitrogens is 4. The van der Waals surface area contributed by atoms with Crippen LogP contribution in [0, 0.1) is 13.8 Å². The smallest absolute Gasteiger partial charge is 0.225 e. The van der Waals surface area contributed by atoms with Gasteiger partial charge in [0.15, 0.2) is 5.65 Å². The quantitative estimate of drug-likeness (QED) is 0.449. The van der Waals surface area contributed by atoms with E-state index in [4.69, 9.17) is 24.0 Å². The third kappa shape index (κ3) is 3.40. The topological polar surface area (TPSA) is 77.9 Å². The van der Waals surface area contributed by atoms with Gasteiger partial charge in [-0.1, -0.05) is 0 Å². The van der Waals surface area contributed by atoms with E-state index in [1.807, 2.05) is 36.6 Å². The van der Waals surface area contributed by atoms with Gasteiger partial charge in [0.2, 0.25) is 5.89 Å². The Morgan fingerprint density at radius 2 is 2.06 bits per heavy atom. The van der Waals surface area contributed by atoms with Crippen LogP contribution in [-0.4, -0.2) is 53.0 Å². The summed E-state index contributed by atoms with van der Waals surface area (Å²) in [5.74, 6) is 2.33. The van der Waals surface area contributed by atoms with E-state index in [-0.39, 0.29) is 0 Å². The van der Waals surface area contributed by atoms with E-state index in [0.29, 0.717) is 18.5 Å². The highest BCUT2D eigenvalue weighted by molar-refractivity contribution is 5.86. The zero-order valence-electron chi connectivity index (χ0n) is 18.8. The van der Waals surface area contributed by atoms with E-state index in [1.54, 1.807) is 26.7 Å². The molecule has 0 radical (unpaired) electrons. The Balaban J connectivity index is 1.66. The van der Waals surface area contributed by atoms with E-state index >= 15 is 0 Å². The van der Waals surface area contributed by atoms with Crippen LogP contribution in [0.4, 0.5) is 5.82 Å². The summed E-state index contributed by atoms with van der Waals surface area (Å²) in [6.45, 7) is 5.72. The van der Waals surface area contributed by atoms with Crippen molar-refractivity contribution in [3.05, 3.63) is 48.1 Å². The third-order valence-corrected chi connectivity index (χ3v) is 6.05. The second kappa shape index (κ2) is 8.27. The molecule has 0 aliphatic carbocycles. The molecule has 1 aromatic carbocycles. The third-order valence-electron chi connectivity index (χ3n) is 6.05. The van der Waals surface area contributed by atoms with Crippen LogP contribution in [0.5, 0.6) is 5.75 Å². The lowest BCUT2D eigenvalue weighted by molar-refractivity contribution is 0.180. The largest absolute Gasteiger partial charge is 0.496 e. The Morgan fingerprint density at radius 3 is 2.81 bits per heavy atom. The number of benzene rings is 1. The van der Waals surface area contributed by atoms with Crippen LogP contribution in [0.25, 0.3) is 28.2 Å². The monoisotopic (exact) mass is 433 g/mol. The fourth-order valence-corrected chi connectivity index (χ4v) is 4.65. The van der Waals surface area contributed by atoms with E-state index in [2.05, 4.69) is 16.0 Å². The molecule has 0 spiro atoms. The number of fused-ring (bicyclic) bond motifs is 1. The van der Waals surface area contributed by atoms with Crippen LogP contribution in [-0.2, 0) is 4.74 Å². The Kier molecular flexibility index (Phi) is 5.30. The normalized spacial score (nSPS) is 16.2. The molecule has 4 aromatic rings. The van der Waals surface area contributed by atoms with Gasteiger partial charge in [-0.2, -0.15) is 9.61 Å². The minimum absolute atomic E-state index is 0.340. The summed E-state index contributed by atoms with van der Waals surface area (Å²) in [5.41, 5.74) is 5.43. The van der Waals surface area contributed by atoms with Crippen LogP contribution in [0.15, 0.2) is 41.1 Å². The van der Waals surface area contributed by atoms with Crippen molar-refractivity contribution < 1.29 is 13.9 Å². The van der Waals surface area contributed by atoms with Gasteiger partial charge in [-0.25, -0.2) is 9.97 Å². The zero-order valence-corrected chi connectivity index (χ0v) is 18.8. The number of anilines is 1. The second-order valence-electron chi connectivity index (χ2n) is 8.15. The molecule has 0 saturated carbocycles. The molecule has 1 saturated heterocycles. The lowest BCUT2D eigenvalue weighted by Crippen LogP contribution is -2.34. The van der Waals surface area contributed by atoms with Crippen LogP contribution in [0.1, 0.15) is 24.2 Å². The van der Waals surface area contributed by atoms with Crippen LogP contribution < -0.4 is 9.64 Å². The van der Waals surface area contributed by atoms with Gasteiger partial charge in [0.25, 0.3) is 0 Å². The van der Waals surface area contributed by atoms with Gasteiger partial charge in [0.05, 0.1) is 37.2 Å². The van der Waals surface area contributed by atoms with Gasteiger partial charge in [-0.15, -0.1) is 0 Å². The van der Waals surface area contributed by atoms with Gasteiger partial charge in [-0.05, 0) is 44.9 Å². The molecule has 0 amide bonds. The van der Waals surface area contributed by atoms with Crippen molar-refractivity contribution in [3.8, 4) is 28.3 Å². The molecule has 3 aromatic heterocycles. The van der Waals surface area contributed by atoms with Gasteiger partial charge in [-0.3, -0.25) is 0 Å². The van der Waals surface area contributed by atoms with Crippen molar-refractivity contribution in [1.29, 1.82) is 0 Å². The molecule has 0 unspecified atom stereocenters. The van der Waals surface area contributed by atoms with Crippen LogP contribution >= 0.6 is 0 Å². The predicted octanol–water partition coefficient (Wildman–Crippen LogP) is 4.29. The first kappa shape index (κ1) is 20.5. The molecule has 8 heteroatoms. The molecular formula is C24H27N5O3. The molecule has 1 aliphatic heterocycles. The van der Waals surface area contributed by atoms with E-state index < -0.39 is 0 Å². The minimum atomic E-state index is 0.340. The number of aryl methyl sites for hydroxylation is 2. The van der Waals surface area contributed by atoms with Crippen molar-refractivity contribution >= 4 is 11.5 Å². The number of hydrogen-bond donors (Lipinski definition) is 0. The first-order valence-corrected chi connectivity index (χ1v) is 10.8. The number of rotatable bonds is 6. The highest BCUT2D eigenvalue weighted by Crippen LogP contribution is 2.39. The standard InChI is InChI=1S/C24H27N5O3/c1-15-12-21(28-10-5-6-18(28)14-30-3)29-23(26-15)22(16(2)27-29)19-8-7-17(13-20(19)31-4)24-25-9-11-32-24/h7-9,11-13,18H,5-6,10,14H2,1-4H3/t18-/m0/s1. The molecule has 5 rings (SSSR count). The Bertz CT molecular complexity index is 1250. The predicted molar refractivity (Wildman–Crippen MR) is 122 cm³/mol. The van der Waals surface area contributed by atoms with E-state index in [0.717, 1.165) is 64.7 Å². The highest BCUT2D eigenvalue weighted by Gasteiger charge is 2.28. The average molecular weight is 434 g/mol. The molecule has 0 N–H and O–H groups in total. The van der Waals surface area contributed by atoms with E-state index in [1.165, 1.54) is 0 Å². The van der Waals surface area contributed by atoms with E-state index in [9.17, 15) is 0 Å². The van der Waals surface area contributed by atoms with Gasteiger partial charge >= 0.3 is 0 Å². The number of methoxy groups -OCH3 is 2. The van der Waals surface area contributed by atoms with Crippen molar-refractivity contribution in [3.63, 3.8) is 0 Å². The Hall–Kier alpha value is -3.39. The number of oxazole rings is 1. The summed E-state index contributed by atoms with van der Waals surface area (Å²) in [7, 11) is 3.43. The maximum absolute atomic E-state index is 5.76. The molecule has 8 nitrogen and oxygen atoms in total. The summed E-state index contributed by atoms with van der Waals surface area (Å²) < 4.78 is 18.6. The van der Waals surface area contributed by atoms with Crippen molar-refractivity contribution in [2.75, 3.05) is 32.3 Å². The Labute approximate surface area is 186 Å². The summed E-state index contributed by atoms with van der Waals surface area (Å²) in [6.07, 6.45) is 5.45.